The van der Waals surface area contributed by atoms with Gasteiger partial charge in [-0.2, -0.15) is 0 Å². The molecule has 0 bridgehead atoms. The van der Waals surface area contributed by atoms with Gasteiger partial charge < -0.3 is 9.64 Å². The fourth-order valence-corrected chi connectivity index (χ4v) is 2.74. The zero-order valence-corrected chi connectivity index (χ0v) is 14.2. The van der Waals surface area contributed by atoms with Gasteiger partial charge in [0.1, 0.15) is 5.75 Å². The third-order valence-corrected chi connectivity index (χ3v) is 3.91. The van der Waals surface area contributed by atoms with Gasteiger partial charge in [0.05, 0.1) is 6.10 Å². The summed E-state index contributed by atoms with van der Waals surface area (Å²) in [5, 5.41) is 0. The van der Waals surface area contributed by atoms with Crippen LogP contribution in [-0.2, 0) is 11.3 Å². The summed E-state index contributed by atoms with van der Waals surface area (Å²) in [5.74, 6) is 1.33. The van der Waals surface area contributed by atoms with E-state index in [1.165, 1.54) is 5.56 Å². The van der Waals surface area contributed by atoms with Crippen molar-refractivity contribution >= 4 is 5.91 Å². The molecule has 0 atom stereocenters. The van der Waals surface area contributed by atoms with E-state index in [9.17, 15) is 4.79 Å². The van der Waals surface area contributed by atoms with Crippen molar-refractivity contribution in [3.8, 4) is 5.75 Å². The highest BCUT2D eigenvalue weighted by atomic mass is 16.5. The number of piperazine rings is 1. The number of amides is 1. The van der Waals surface area contributed by atoms with Crippen LogP contribution in [0, 0.1) is 5.92 Å². The van der Waals surface area contributed by atoms with Gasteiger partial charge in [0.15, 0.2) is 0 Å². The fourth-order valence-electron chi connectivity index (χ4n) is 2.74. The van der Waals surface area contributed by atoms with E-state index < -0.39 is 0 Å². The molecule has 0 aliphatic carbocycles. The lowest BCUT2D eigenvalue weighted by molar-refractivity contribution is -0.136. The molecule has 1 amide bonds. The van der Waals surface area contributed by atoms with E-state index in [-0.39, 0.29) is 17.9 Å². The minimum Gasteiger partial charge on any atom is -0.491 e. The summed E-state index contributed by atoms with van der Waals surface area (Å²) in [5.41, 5.74) is 1.22. The molecule has 1 aromatic carbocycles. The lowest BCUT2D eigenvalue weighted by Crippen LogP contribution is -2.49. The fraction of sp³-hybridized carbons (Fsp3) is 0.611. The van der Waals surface area contributed by atoms with E-state index in [1.807, 2.05) is 44.7 Å². The lowest BCUT2D eigenvalue weighted by atomic mass is 10.1. The van der Waals surface area contributed by atoms with Gasteiger partial charge in [0, 0.05) is 44.2 Å². The first-order valence-electron chi connectivity index (χ1n) is 8.23. The highest BCUT2D eigenvalue weighted by Crippen LogP contribution is 2.22. The number of para-hydroxylation sites is 1. The third kappa shape index (κ3) is 4.47. The zero-order valence-electron chi connectivity index (χ0n) is 14.2. The molecule has 0 aromatic heterocycles. The maximum atomic E-state index is 12.0. The quantitative estimate of drug-likeness (QED) is 0.838. The Labute approximate surface area is 134 Å². The van der Waals surface area contributed by atoms with Crippen molar-refractivity contribution in [2.24, 2.45) is 5.92 Å². The van der Waals surface area contributed by atoms with E-state index in [0.29, 0.717) is 0 Å². The first-order chi connectivity index (χ1) is 10.5. The maximum absolute atomic E-state index is 12.0. The largest absolute Gasteiger partial charge is 0.491 e. The molecule has 4 nitrogen and oxygen atoms in total. The molecule has 0 saturated carbocycles. The molecule has 2 rings (SSSR count). The number of hydrogen-bond acceptors (Lipinski definition) is 3. The molecule has 1 aliphatic rings. The van der Waals surface area contributed by atoms with Crippen molar-refractivity contribution in [2.75, 3.05) is 26.2 Å². The first kappa shape index (κ1) is 16.8. The molecule has 1 fully saturated rings. The molecule has 1 aromatic rings. The number of ether oxygens (including phenoxy) is 1. The Balaban J connectivity index is 1.92. The Bertz CT molecular complexity index is 492. The van der Waals surface area contributed by atoms with E-state index in [4.69, 9.17) is 4.74 Å². The van der Waals surface area contributed by atoms with Gasteiger partial charge in [0.2, 0.25) is 5.91 Å². The third-order valence-electron chi connectivity index (χ3n) is 3.91. The van der Waals surface area contributed by atoms with Crippen LogP contribution in [0.3, 0.4) is 0 Å². The summed E-state index contributed by atoms with van der Waals surface area (Å²) >= 11 is 0. The molecule has 0 N–H and O–H groups in total. The van der Waals surface area contributed by atoms with Crippen LogP contribution < -0.4 is 4.74 Å². The summed E-state index contributed by atoms with van der Waals surface area (Å²) in [6.45, 7) is 12.4. The summed E-state index contributed by atoms with van der Waals surface area (Å²) < 4.78 is 5.89. The number of nitrogens with zero attached hydrogens (tertiary/aromatic N) is 2. The Kier molecular flexibility index (Phi) is 5.83. The molecule has 122 valence electrons. The average molecular weight is 304 g/mol. The highest BCUT2D eigenvalue weighted by molar-refractivity contribution is 5.78. The first-order valence-corrected chi connectivity index (χ1v) is 8.23. The highest BCUT2D eigenvalue weighted by Gasteiger charge is 2.23. The van der Waals surface area contributed by atoms with Gasteiger partial charge in [-0.3, -0.25) is 9.69 Å². The van der Waals surface area contributed by atoms with Crippen LogP contribution in [0.5, 0.6) is 5.75 Å². The van der Waals surface area contributed by atoms with E-state index in [2.05, 4.69) is 17.0 Å². The van der Waals surface area contributed by atoms with Crippen LogP contribution in [-0.4, -0.2) is 48.0 Å². The minimum absolute atomic E-state index is 0.0896. The average Bonchev–Trinajstić information content (AvgIpc) is 2.48. The predicted octanol–water partition coefficient (Wildman–Crippen LogP) is 2.77. The molecule has 0 unspecified atom stereocenters. The van der Waals surface area contributed by atoms with Crippen LogP contribution in [0.4, 0.5) is 0 Å². The molecule has 1 saturated heterocycles. The maximum Gasteiger partial charge on any atom is 0.225 e. The Morgan fingerprint density at radius 2 is 1.73 bits per heavy atom. The number of hydrogen-bond donors (Lipinski definition) is 0. The van der Waals surface area contributed by atoms with Gasteiger partial charge in [-0.1, -0.05) is 32.0 Å². The Morgan fingerprint density at radius 3 is 2.32 bits per heavy atom. The van der Waals surface area contributed by atoms with Crippen LogP contribution >= 0.6 is 0 Å². The smallest absolute Gasteiger partial charge is 0.225 e. The normalized spacial score (nSPS) is 16.4. The van der Waals surface area contributed by atoms with E-state index in [1.54, 1.807) is 0 Å². The van der Waals surface area contributed by atoms with E-state index in [0.717, 1.165) is 38.5 Å². The molecule has 1 heterocycles. The second kappa shape index (κ2) is 7.63. The summed E-state index contributed by atoms with van der Waals surface area (Å²) in [6, 6.07) is 8.23. The number of rotatable bonds is 5. The topological polar surface area (TPSA) is 32.8 Å². The summed E-state index contributed by atoms with van der Waals surface area (Å²) in [7, 11) is 0. The van der Waals surface area contributed by atoms with Crippen molar-refractivity contribution in [3.05, 3.63) is 29.8 Å². The summed E-state index contributed by atoms with van der Waals surface area (Å²) in [6.07, 6.45) is 0.182. The second-order valence-corrected chi connectivity index (χ2v) is 6.53. The van der Waals surface area contributed by atoms with Crippen LogP contribution in [0.2, 0.25) is 0 Å². The predicted molar refractivity (Wildman–Crippen MR) is 88.9 cm³/mol. The number of benzene rings is 1. The molecule has 1 aliphatic heterocycles. The van der Waals surface area contributed by atoms with Crippen LogP contribution in [0.25, 0.3) is 0 Å². The molecule has 0 radical (unpaired) electrons. The zero-order chi connectivity index (χ0) is 16.1. The standard InChI is InChI=1S/C18H28N2O2/c1-14(2)18(21)20-11-9-19(10-12-20)13-16-7-5-6-8-17(16)22-15(3)4/h5-8,14-15H,9-13H2,1-4H3. The lowest BCUT2D eigenvalue weighted by Gasteiger charge is -2.35. The van der Waals surface area contributed by atoms with Crippen molar-refractivity contribution in [1.29, 1.82) is 0 Å². The van der Waals surface area contributed by atoms with Crippen molar-refractivity contribution in [1.82, 2.24) is 9.80 Å². The van der Waals surface area contributed by atoms with Crippen molar-refractivity contribution in [3.63, 3.8) is 0 Å². The molecule has 4 heteroatoms. The van der Waals surface area contributed by atoms with Gasteiger partial charge in [-0.05, 0) is 19.9 Å². The SMILES string of the molecule is CC(C)Oc1ccccc1CN1CCN(C(=O)C(C)C)CC1. The Morgan fingerprint density at radius 1 is 1.09 bits per heavy atom. The minimum atomic E-state index is 0.0896. The van der Waals surface area contributed by atoms with Gasteiger partial charge >= 0.3 is 0 Å². The van der Waals surface area contributed by atoms with Gasteiger partial charge in [0.25, 0.3) is 0 Å². The molecular formula is C18H28N2O2. The number of carbonyl (C=O) groups is 1. The van der Waals surface area contributed by atoms with Gasteiger partial charge in [-0.25, -0.2) is 0 Å². The Hall–Kier alpha value is -1.55. The number of carbonyl (C=O) groups excluding carboxylic acids is 1. The van der Waals surface area contributed by atoms with Gasteiger partial charge in [-0.15, -0.1) is 0 Å². The van der Waals surface area contributed by atoms with E-state index >= 15 is 0 Å². The van der Waals surface area contributed by atoms with Crippen molar-refractivity contribution in [2.45, 2.75) is 40.3 Å². The van der Waals surface area contributed by atoms with Crippen LogP contribution in [0.1, 0.15) is 33.3 Å². The van der Waals surface area contributed by atoms with Crippen molar-refractivity contribution < 1.29 is 9.53 Å². The molecule has 0 spiro atoms. The summed E-state index contributed by atoms with van der Waals surface area (Å²) in [4.78, 5) is 16.4. The van der Waals surface area contributed by atoms with Crippen LogP contribution in [0.15, 0.2) is 24.3 Å². The molecule has 22 heavy (non-hydrogen) atoms. The molecular weight excluding hydrogens is 276 g/mol. The monoisotopic (exact) mass is 304 g/mol. The second-order valence-electron chi connectivity index (χ2n) is 6.53.